The van der Waals surface area contributed by atoms with Crippen LogP contribution in [0.3, 0.4) is 0 Å². The van der Waals surface area contributed by atoms with Crippen LogP contribution in [-0.2, 0) is 30.2 Å². The van der Waals surface area contributed by atoms with Gasteiger partial charge in [-0.25, -0.2) is 0 Å². The molecule has 214 valence electrons. The van der Waals surface area contributed by atoms with Crippen molar-refractivity contribution >= 4 is 0 Å². The molecule has 0 aromatic heterocycles. The topological polar surface area (TPSA) is 15.3 Å². The van der Waals surface area contributed by atoms with E-state index in [-0.39, 0.29) is 10.8 Å². The molecule has 9 rings (SSSR count). The van der Waals surface area contributed by atoms with Crippen molar-refractivity contribution in [1.82, 2.24) is 10.2 Å². The first-order valence-corrected chi connectivity index (χ1v) is 16.1. The number of likely N-dealkylation sites (tertiary alicyclic amines) is 1. The lowest BCUT2D eigenvalue weighted by Crippen LogP contribution is -2.36. The van der Waals surface area contributed by atoms with Crippen LogP contribution in [0, 0.1) is 0 Å². The SMILES string of the molecule is c1ccc(CN2CCC3(C2)c2ccccc2Cc2ccccc23)cc1.c1ccc2c(c1)Cc1ccccc1C21CCNC1. The molecule has 5 aromatic rings. The Labute approximate surface area is 256 Å². The van der Waals surface area contributed by atoms with Crippen LogP contribution in [0.2, 0.25) is 0 Å². The maximum absolute atomic E-state index is 3.56. The highest BCUT2D eigenvalue weighted by Crippen LogP contribution is 2.48. The standard InChI is InChI=1S/C24H23N.C17H17N/c1-2-8-19(9-3-1)17-25-15-14-24(18-25)22-12-6-4-10-20(22)16-21-11-5-7-13-23(21)24;1-3-7-15-13(5-1)11-14-6-2-4-8-16(14)17(15)9-10-18-12-17/h1-13H,14-18H2;1-8,18H,9-12H2. The number of hydrogen-bond acceptors (Lipinski definition) is 2. The molecule has 4 aliphatic rings. The first kappa shape index (κ1) is 26.6. The molecule has 2 aliphatic heterocycles. The maximum Gasteiger partial charge on any atom is 0.0347 e. The Morgan fingerprint density at radius 2 is 0.977 bits per heavy atom. The van der Waals surface area contributed by atoms with E-state index in [1.165, 1.54) is 40.7 Å². The average molecular weight is 561 g/mol. The highest BCUT2D eigenvalue weighted by Gasteiger charge is 2.45. The van der Waals surface area contributed by atoms with Gasteiger partial charge in [0.25, 0.3) is 0 Å². The van der Waals surface area contributed by atoms with Crippen LogP contribution in [0.5, 0.6) is 0 Å². The molecule has 2 saturated heterocycles. The second kappa shape index (κ2) is 10.9. The molecule has 2 aliphatic carbocycles. The molecule has 0 bridgehead atoms. The molecule has 0 unspecified atom stereocenters. The molecule has 5 aromatic carbocycles. The summed E-state index contributed by atoms with van der Waals surface area (Å²) in [5, 5.41) is 3.56. The van der Waals surface area contributed by atoms with E-state index < -0.39 is 0 Å². The van der Waals surface area contributed by atoms with Crippen LogP contribution >= 0.6 is 0 Å². The minimum absolute atomic E-state index is 0.167. The predicted molar refractivity (Wildman–Crippen MR) is 177 cm³/mol. The summed E-state index contributed by atoms with van der Waals surface area (Å²) in [7, 11) is 0. The molecular formula is C41H40N2. The molecule has 2 heterocycles. The van der Waals surface area contributed by atoms with Crippen LogP contribution in [0.25, 0.3) is 0 Å². The minimum Gasteiger partial charge on any atom is -0.315 e. The van der Waals surface area contributed by atoms with Crippen LogP contribution in [0.4, 0.5) is 0 Å². The lowest BCUT2D eigenvalue weighted by Gasteiger charge is -2.38. The Morgan fingerprint density at radius 3 is 1.47 bits per heavy atom. The Hall–Kier alpha value is -3.98. The molecule has 2 nitrogen and oxygen atoms in total. The van der Waals surface area contributed by atoms with Crippen LogP contribution < -0.4 is 5.32 Å². The number of rotatable bonds is 2. The molecule has 0 saturated carbocycles. The van der Waals surface area contributed by atoms with Gasteiger partial charge in [-0.15, -0.1) is 0 Å². The molecule has 2 heteroatoms. The smallest absolute Gasteiger partial charge is 0.0347 e. The normalized spacial score (nSPS) is 18.7. The molecule has 0 radical (unpaired) electrons. The van der Waals surface area contributed by atoms with Crippen molar-refractivity contribution in [3.05, 3.63) is 177 Å². The van der Waals surface area contributed by atoms with Gasteiger partial charge in [-0.2, -0.15) is 0 Å². The summed E-state index contributed by atoms with van der Waals surface area (Å²) in [6.07, 6.45) is 4.61. The fraction of sp³-hybridized carbons (Fsp3) is 0.268. The van der Waals surface area contributed by atoms with E-state index >= 15 is 0 Å². The number of nitrogens with zero attached hydrogens (tertiary/aromatic N) is 1. The minimum atomic E-state index is 0.167. The summed E-state index contributed by atoms with van der Waals surface area (Å²) in [5.41, 5.74) is 14.1. The van der Waals surface area contributed by atoms with E-state index in [0.717, 1.165) is 45.6 Å². The lowest BCUT2D eigenvalue weighted by molar-refractivity contribution is 0.313. The number of hydrogen-bond donors (Lipinski definition) is 1. The molecule has 43 heavy (non-hydrogen) atoms. The summed E-state index contributed by atoms with van der Waals surface area (Å²) < 4.78 is 0. The number of nitrogens with one attached hydrogen (secondary N) is 1. The van der Waals surface area contributed by atoms with Gasteiger partial charge >= 0.3 is 0 Å². The lowest BCUT2D eigenvalue weighted by atomic mass is 9.66. The largest absolute Gasteiger partial charge is 0.315 e. The van der Waals surface area contributed by atoms with Crippen molar-refractivity contribution in [1.29, 1.82) is 0 Å². The summed E-state index contributed by atoms with van der Waals surface area (Å²) in [6.45, 7) is 5.55. The van der Waals surface area contributed by atoms with Crippen molar-refractivity contribution in [2.45, 2.75) is 43.1 Å². The van der Waals surface area contributed by atoms with Gasteiger partial charge in [-0.3, -0.25) is 4.90 Å². The second-order valence-corrected chi connectivity index (χ2v) is 13.0. The Kier molecular flexibility index (Phi) is 6.77. The first-order chi connectivity index (χ1) is 21.3. The van der Waals surface area contributed by atoms with Crippen molar-refractivity contribution in [2.24, 2.45) is 0 Å². The van der Waals surface area contributed by atoms with E-state index in [1.54, 1.807) is 22.3 Å². The molecule has 0 amide bonds. The number of fused-ring (bicyclic) bond motifs is 8. The van der Waals surface area contributed by atoms with Gasteiger partial charge in [-0.1, -0.05) is 127 Å². The third-order valence-electron chi connectivity index (χ3n) is 10.6. The Morgan fingerprint density at radius 1 is 0.512 bits per heavy atom. The molecule has 0 atom stereocenters. The highest BCUT2D eigenvalue weighted by atomic mass is 15.2. The van der Waals surface area contributed by atoms with E-state index in [2.05, 4.69) is 138 Å². The second-order valence-electron chi connectivity index (χ2n) is 13.0. The maximum atomic E-state index is 3.56. The van der Waals surface area contributed by atoms with Gasteiger partial charge in [0.15, 0.2) is 0 Å². The first-order valence-electron chi connectivity index (χ1n) is 16.1. The molecule has 2 fully saturated rings. The van der Waals surface area contributed by atoms with Crippen molar-refractivity contribution in [3.8, 4) is 0 Å². The Balaban J connectivity index is 0.000000136. The zero-order chi connectivity index (χ0) is 28.7. The van der Waals surface area contributed by atoms with Gasteiger partial charge in [0.05, 0.1) is 0 Å². The van der Waals surface area contributed by atoms with Gasteiger partial charge in [0, 0.05) is 30.5 Å². The summed E-state index contributed by atoms with van der Waals surface area (Å²) >= 11 is 0. The molecular weight excluding hydrogens is 520 g/mol. The average Bonchev–Trinajstić information content (AvgIpc) is 3.72. The third-order valence-corrected chi connectivity index (χ3v) is 10.6. The third kappa shape index (κ3) is 4.56. The number of benzene rings is 5. The van der Waals surface area contributed by atoms with E-state index in [4.69, 9.17) is 0 Å². The monoisotopic (exact) mass is 560 g/mol. The van der Waals surface area contributed by atoms with E-state index in [0.29, 0.717) is 0 Å². The molecule has 2 spiro atoms. The summed E-state index contributed by atoms with van der Waals surface area (Å²) in [4.78, 5) is 2.63. The fourth-order valence-electron chi connectivity index (χ4n) is 8.72. The quantitative estimate of drug-likeness (QED) is 0.239. The van der Waals surface area contributed by atoms with Crippen molar-refractivity contribution < 1.29 is 0 Å². The summed E-state index contributed by atoms with van der Waals surface area (Å²) in [6, 6.07) is 47.1. The van der Waals surface area contributed by atoms with Crippen LogP contribution in [0.15, 0.2) is 127 Å². The van der Waals surface area contributed by atoms with Gasteiger partial charge in [-0.05, 0) is 88.8 Å². The zero-order valence-corrected chi connectivity index (χ0v) is 24.9. The Bertz CT molecular complexity index is 1650. The zero-order valence-electron chi connectivity index (χ0n) is 24.9. The predicted octanol–water partition coefficient (Wildman–Crippen LogP) is 7.65. The molecule has 1 N–H and O–H groups in total. The van der Waals surface area contributed by atoms with Gasteiger partial charge in [0.1, 0.15) is 0 Å². The van der Waals surface area contributed by atoms with Gasteiger partial charge < -0.3 is 5.32 Å². The van der Waals surface area contributed by atoms with Crippen molar-refractivity contribution in [2.75, 3.05) is 26.2 Å². The highest BCUT2D eigenvalue weighted by molar-refractivity contribution is 5.56. The fourth-order valence-corrected chi connectivity index (χ4v) is 8.72. The summed E-state index contributed by atoms with van der Waals surface area (Å²) in [5.74, 6) is 0. The van der Waals surface area contributed by atoms with E-state index in [9.17, 15) is 0 Å². The van der Waals surface area contributed by atoms with Crippen LogP contribution in [-0.4, -0.2) is 31.1 Å². The van der Waals surface area contributed by atoms with Crippen LogP contribution in [0.1, 0.15) is 62.9 Å². The van der Waals surface area contributed by atoms with E-state index in [1.807, 2.05) is 0 Å². The van der Waals surface area contributed by atoms with Gasteiger partial charge in [0.2, 0.25) is 0 Å². The van der Waals surface area contributed by atoms with Crippen molar-refractivity contribution in [3.63, 3.8) is 0 Å².